The van der Waals surface area contributed by atoms with Crippen LogP contribution in [0.1, 0.15) is 28.4 Å². The summed E-state index contributed by atoms with van der Waals surface area (Å²) in [5.74, 6) is 0. The fraction of sp³-hybridized carbons (Fsp3) is 0.200. The van der Waals surface area contributed by atoms with Crippen molar-refractivity contribution >= 4 is 38.5 Å². The van der Waals surface area contributed by atoms with Crippen molar-refractivity contribution in [2.75, 3.05) is 0 Å². The highest BCUT2D eigenvalue weighted by atomic mass is 127. The summed E-state index contributed by atoms with van der Waals surface area (Å²) in [6, 6.07) is 17.4. The van der Waals surface area contributed by atoms with Gasteiger partial charge in [0.1, 0.15) is 0 Å². The molecule has 2 aromatic rings. The van der Waals surface area contributed by atoms with Crippen molar-refractivity contribution in [3.05, 3.63) is 68.8 Å². The maximum Gasteiger partial charge on any atom is 0.0645 e. The molecule has 0 aliphatic carbocycles. The summed E-state index contributed by atoms with van der Waals surface area (Å²) in [5, 5.41) is 0. The molecule has 0 bridgehead atoms. The molecule has 0 nitrogen and oxygen atoms in total. The van der Waals surface area contributed by atoms with Crippen LogP contribution in [0.25, 0.3) is 0 Å². The maximum atomic E-state index is 3.77. The second-order valence-corrected chi connectivity index (χ2v) is 6.17. The fourth-order valence-corrected chi connectivity index (χ4v) is 2.94. The Labute approximate surface area is 125 Å². The molecule has 0 fully saturated rings. The lowest BCUT2D eigenvalue weighted by atomic mass is 10.0. The third-order valence-electron chi connectivity index (χ3n) is 2.82. The van der Waals surface area contributed by atoms with Crippen molar-refractivity contribution in [1.29, 1.82) is 0 Å². The molecule has 2 aromatic carbocycles. The summed E-state index contributed by atoms with van der Waals surface area (Å²) in [6.07, 6.45) is 1.09. The van der Waals surface area contributed by atoms with Crippen LogP contribution < -0.4 is 0 Å². The SMILES string of the molecule is CCc1ccc(C(Br)c2cccc(I)c2)cc1. The number of hydrogen-bond donors (Lipinski definition) is 0. The molecule has 0 radical (unpaired) electrons. The molecule has 0 aliphatic heterocycles. The van der Waals surface area contributed by atoms with Gasteiger partial charge in [0.05, 0.1) is 4.83 Å². The van der Waals surface area contributed by atoms with Crippen molar-refractivity contribution < 1.29 is 0 Å². The second kappa shape index (κ2) is 6.01. The van der Waals surface area contributed by atoms with Crippen LogP contribution >= 0.6 is 38.5 Å². The predicted molar refractivity (Wildman–Crippen MR) is 85.7 cm³/mol. The molecule has 1 atom stereocenters. The predicted octanol–water partition coefficient (Wildman–Crippen LogP) is 5.34. The van der Waals surface area contributed by atoms with Crippen molar-refractivity contribution in [1.82, 2.24) is 0 Å². The molecular weight excluding hydrogens is 387 g/mol. The lowest BCUT2D eigenvalue weighted by molar-refractivity contribution is 1.11. The Bertz CT molecular complexity index is 491. The van der Waals surface area contributed by atoms with E-state index in [1.54, 1.807) is 0 Å². The Balaban J connectivity index is 2.27. The van der Waals surface area contributed by atoms with Crippen LogP contribution in [0.2, 0.25) is 0 Å². The van der Waals surface area contributed by atoms with Gasteiger partial charge in [-0.3, -0.25) is 0 Å². The monoisotopic (exact) mass is 400 g/mol. The topological polar surface area (TPSA) is 0 Å². The van der Waals surface area contributed by atoms with Crippen LogP contribution in [-0.4, -0.2) is 0 Å². The molecule has 1 unspecified atom stereocenters. The standard InChI is InChI=1S/C15H14BrI/c1-2-11-6-8-12(9-7-11)15(16)13-4-3-5-14(17)10-13/h3-10,15H,2H2,1H3. The molecule has 17 heavy (non-hydrogen) atoms. The Hall–Kier alpha value is -0.350. The largest absolute Gasteiger partial charge is 0.0786 e. The molecule has 0 amide bonds. The third-order valence-corrected chi connectivity index (χ3v) is 4.55. The third kappa shape index (κ3) is 3.32. The van der Waals surface area contributed by atoms with Gasteiger partial charge >= 0.3 is 0 Å². The van der Waals surface area contributed by atoms with Gasteiger partial charge in [0, 0.05) is 3.57 Å². The zero-order valence-corrected chi connectivity index (χ0v) is 13.4. The first kappa shape index (κ1) is 13.1. The summed E-state index contributed by atoms with van der Waals surface area (Å²) in [5.41, 5.74) is 4.00. The van der Waals surface area contributed by atoms with Crippen molar-refractivity contribution in [2.45, 2.75) is 18.2 Å². The first-order valence-electron chi connectivity index (χ1n) is 5.69. The van der Waals surface area contributed by atoms with Gasteiger partial charge in [-0.1, -0.05) is 59.3 Å². The molecule has 2 rings (SSSR count). The Morgan fingerprint density at radius 1 is 1.06 bits per heavy atom. The average molecular weight is 401 g/mol. The van der Waals surface area contributed by atoms with E-state index < -0.39 is 0 Å². The van der Waals surface area contributed by atoms with Gasteiger partial charge < -0.3 is 0 Å². The van der Waals surface area contributed by atoms with Crippen LogP contribution in [0.5, 0.6) is 0 Å². The number of hydrogen-bond acceptors (Lipinski definition) is 0. The van der Waals surface area contributed by atoms with E-state index in [0.717, 1.165) is 6.42 Å². The van der Waals surface area contributed by atoms with Gasteiger partial charge in [0.25, 0.3) is 0 Å². The number of alkyl halides is 1. The zero-order chi connectivity index (χ0) is 12.3. The van der Waals surface area contributed by atoms with Crippen LogP contribution in [0, 0.1) is 3.57 Å². The van der Waals surface area contributed by atoms with Crippen LogP contribution in [0.4, 0.5) is 0 Å². The minimum Gasteiger partial charge on any atom is -0.0786 e. The van der Waals surface area contributed by atoms with E-state index in [1.807, 2.05) is 0 Å². The van der Waals surface area contributed by atoms with E-state index in [2.05, 4.69) is 94.0 Å². The Morgan fingerprint density at radius 3 is 2.35 bits per heavy atom. The highest BCUT2D eigenvalue weighted by Crippen LogP contribution is 2.31. The van der Waals surface area contributed by atoms with E-state index in [4.69, 9.17) is 0 Å². The van der Waals surface area contributed by atoms with E-state index in [0.29, 0.717) is 0 Å². The summed E-state index contributed by atoms with van der Waals surface area (Å²) >= 11 is 6.12. The summed E-state index contributed by atoms with van der Waals surface area (Å²) in [7, 11) is 0. The van der Waals surface area contributed by atoms with Gasteiger partial charge in [-0.05, 0) is 57.8 Å². The van der Waals surface area contributed by atoms with Crippen LogP contribution in [0.3, 0.4) is 0 Å². The highest BCUT2D eigenvalue weighted by Gasteiger charge is 2.09. The van der Waals surface area contributed by atoms with Crippen molar-refractivity contribution in [3.63, 3.8) is 0 Å². The molecule has 0 aliphatic rings. The Kier molecular flexibility index (Phi) is 4.62. The van der Waals surface area contributed by atoms with E-state index in [1.165, 1.54) is 20.3 Å². The second-order valence-electron chi connectivity index (χ2n) is 4.01. The number of aryl methyl sites for hydroxylation is 1. The van der Waals surface area contributed by atoms with Crippen LogP contribution in [-0.2, 0) is 6.42 Å². The molecule has 88 valence electrons. The molecule has 0 heterocycles. The zero-order valence-electron chi connectivity index (χ0n) is 9.66. The fourth-order valence-electron chi connectivity index (χ4n) is 1.78. The van der Waals surface area contributed by atoms with Crippen molar-refractivity contribution in [2.24, 2.45) is 0 Å². The molecular formula is C15H14BrI. The highest BCUT2D eigenvalue weighted by molar-refractivity contribution is 14.1. The average Bonchev–Trinajstić information content (AvgIpc) is 2.38. The maximum absolute atomic E-state index is 3.77. The number of halogens is 2. The molecule has 0 aromatic heterocycles. The van der Waals surface area contributed by atoms with Gasteiger partial charge in [0.2, 0.25) is 0 Å². The van der Waals surface area contributed by atoms with Gasteiger partial charge in [-0.2, -0.15) is 0 Å². The van der Waals surface area contributed by atoms with Crippen molar-refractivity contribution in [3.8, 4) is 0 Å². The molecule has 0 spiro atoms. The van der Waals surface area contributed by atoms with Gasteiger partial charge in [-0.25, -0.2) is 0 Å². The molecule has 0 saturated carbocycles. The molecule has 2 heteroatoms. The molecule has 0 N–H and O–H groups in total. The number of rotatable bonds is 3. The lowest BCUT2D eigenvalue weighted by Crippen LogP contribution is -1.93. The summed E-state index contributed by atoms with van der Waals surface area (Å²) < 4.78 is 1.27. The van der Waals surface area contributed by atoms with E-state index in [9.17, 15) is 0 Å². The van der Waals surface area contributed by atoms with Gasteiger partial charge in [-0.15, -0.1) is 0 Å². The Morgan fingerprint density at radius 2 is 1.76 bits per heavy atom. The first-order valence-corrected chi connectivity index (χ1v) is 7.68. The molecule has 0 saturated heterocycles. The van der Waals surface area contributed by atoms with Crippen LogP contribution in [0.15, 0.2) is 48.5 Å². The quantitative estimate of drug-likeness (QED) is 0.482. The smallest absolute Gasteiger partial charge is 0.0645 e. The van der Waals surface area contributed by atoms with E-state index >= 15 is 0 Å². The first-order chi connectivity index (χ1) is 8.20. The summed E-state index contributed by atoms with van der Waals surface area (Å²) in [6.45, 7) is 2.18. The lowest BCUT2D eigenvalue weighted by Gasteiger charge is -2.11. The van der Waals surface area contributed by atoms with E-state index in [-0.39, 0.29) is 4.83 Å². The number of benzene rings is 2. The normalized spacial score (nSPS) is 12.4. The summed E-state index contributed by atoms with van der Waals surface area (Å²) in [4.78, 5) is 0.281. The van der Waals surface area contributed by atoms with Gasteiger partial charge in [0.15, 0.2) is 0 Å². The minimum absolute atomic E-state index is 0.281. The minimum atomic E-state index is 0.281.